The molecule has 0 aliphatic rings. The van der Waals surface area contributed by atoms with Gasteiger partial charge >= 0.3 is 11.7 Å². The Morgan fingerprint density at radius 2 is 2.00 bits per heavy atom. The van der Waals surface area contributed by atoms with E-state index >= 15 is 0 Å². The summed E-state index contributed by atoms with van der Waals surface area (Å²) in [5.41, 5.74) is -0.00843. The number of hydrogen-bond acceptors (Lipinski definition) is 2. The summed E-state index contributed by atoms with van der Waals surface area (Å²) in [6.07, 6.45) is 3.28. The Bertz CT molecular complexity index is 673. The van der Waals surface area contributed by atoms with Gasteiger partial charge in [-0.1, -0.05) is 6.07 Å². The Kier molecular flexibility index (Phi) is 3.50. The molecule has 0 aliphatic heterocycles. The quantitative estimate of drug-likeness (QED) is 0.911. The van der Waals surface area contributed by atoms with Crippen LogP contribution in [0.3, 0.4) is 0 Å². The van der Waals surface area contributed by atoms with Crippen LogP contribution in [0.4, 0.5) is 4.39 Å². The van der Waals surface area contributed by atoms with Crippen molar-refractivity contribution in [3.63, 3.8) is 0 Å². The van der Waals surface area contributed by atoms with Crippen molar-refractivity contribution in [2.75, 3.05) is 0 Å². The van der Waals surface area contributed by atoms with E-state index in [0.29, 0.717) is 12.1 Å². The number of benzene rings is 1. The lowest BCUT2D eigenvalue weighted by Gasteiger charge is -2.04. The predicted molar refractivity (Wildman–Crippen MR) is 66.8 cm³/mol. The molecule has 0 bridgehead atoms. The summed E-state index contributed by atoms with van der Waals surface area (Å²) in [5.74, 6) is -2.11. The van der Waals surface area contributed by atoms with Crippen molar-refractivity contribution in [2.24, 2.45) is 0 Å². The van der Waals surface area contributed by atoms with Crippen molar-refractivity contribution >= 4 is 5.97 Å². The Morgan fingerprint density at radius 3 is 2.53 bits per heavy atom. The third kappa shape index (κ3) is 2.57. The smallest absolute Gasteiger partial charge is 0.338 e. The standard InChI is InChI=1S/C13H13FN2O3/c1-2-15-5-6-16(13(15)19)8-9-3-4-10(12(17)18)11(14)7-9/h3-7H,2,8H2,1H3,(H,17,18). The van der Waals surface area contributed by atoms with E-state index in [1.165, 1.54) is 21.3 Å². The molecule has 0 atom stereocenters. The molecule has 1 heterocycles. The molecule has 0 amide bonds. The molecular weight excluding hydrogens is 251 g/mol. The molecular formula is C13H13FN2O3. The van der Waals surface area contributed by atoms with Crippen LogP contribution >= 0.6 is 0 Å². The maximum atomic E-state index is 13.5. The van der Waals surface area contributed by atoms with Crippen LogP contribution in [0.15, 0.2) is 35.4 Å². The van der Waals surface area contributed by atoms with Gasteiger partial charge in [0.25, 0.3) is 0 Å². The van der Waals surface area contributed by atoms with Crippen molar-refractivity contribution in [1.29, 1.82) is 0 Å². The van der Waals surface area contributed by atoms with E-state index in [4.69, 9.17) is 5.11 Å². The highest BCUT2D eigenvalue weighted by molar-refractivity contribution is 5.87. The second kappa shape index (κ2) is 5.09. The van der Waals surface area contributed by atoms with Gasteiger partial charge in [0, 0.05) is 18.9 Å². The lowest BCUT2D eigenvalue weighted by atomic mass is 10.1. The first kappa shape index (κ1) is 13.1. The number of aromatic nitrogens is 2. The maximum Gasteiger partial charge on any atom is 0.338 e. The molecule has 0 spiro atoms. The number of aromatic carboxylic acids is 1. The van der Waals surface area contributed by atoms with Gasteiger partial charge in [-0.2, -0.15) is 0 Å². The molecule has 0 radical (unpaired) electrons. The fraction of sp³-hybridized carbons (Fsp3) is 0.231. The first-order chi connectivity index (χ1) is 9.02. The number of hydrogen-bond donors (Lipinski definition) is 1. The minimum atomic E-state index is -1.31. The van der Waals surface area contributed by atoms with E-state index in [-0.39, 0.29) is 17.8 Å². The zero-order valence-corrected chi connectivity index (χ0v) is 10.3. The molecule has 2 aromatic rings. The van der Waals surface area contributed by atoms with E-state index in [9.17, 15) is 14.0 Å². The predicted octanol–water partition coefficient (Wildman–Crippen LogP) is 1.56. The minimum Gasteiger partial charge on any atom is -0.478 e. The highest BCUT2D eigenvalue weighted by Gasteiger charge is 2.11. The van der Waals surface area contributed by atoms with Crippen LogP contribution < -0.4 is 5.69 Å². The third-order valence-electron chi connectivity index (χ3n) is 2.88. The lowest BCUT2D eigenvalue weighted by Crippen LogP contribution is -2.23. The van der Waals surface area contributed by atoms with E-state index in [0.717, 1.165) is 6.07 Å². The van der Waals surface area contributed by atoms with Crippen molar-refractivity contribution < 1.29 is 14.3 Å². The Morgan fingerprint density at radius 1 is 1.32 bits per heavy atom. The summed E-state index contributed by atoms with van der Waals surface area (Å²) >= 11 is 0. The topological polar surface area (TPSA) is 64.2 Å². The highest BCUT2D eigenvalue weighted by atomic mass is 19.1. The van der Waals surface area contributed by atoms with Crippen LogP contribution in [0.25, 0.3) is 0 Å². The molecule has 0 aliphatic carbocycles. The third-order valence-corrected chi connectivity index (χ3v) is 2.88. The van der Waals surface area contributed by atoms with Gasteiger partial charge < -0.3 is 5.11 Å². The molecule has 1 aromatic heterocycles. The van der Waals surface area contributed by atoms with Crippen molar-refractivity contribution in [2.45, 2.75) is 20.0 Å². The highest BCUT2D eigenvalue weighted by Crippen LogP contribution is 2.11. The van der Waals surface area contributed by atoms with E-state index in [1.807, 2.05) is 6.92 Å². The van der Waals surface area contributed by atoms with E-state index in [1.54, 1.807) is 12.4 Å². The van der Waals surface area contributed by atoms with Crippen LogP contribution in [0.2, 0.25) is 0 Å². The normalized spacial score (nSPS) is 10.6. The second-order valence-electron chi connectivity index (χ2n) is 4.11. The second-order valence-corrected chi connectivity index (χ2v) is 4.11. The van der Waals surface area contributed by atoms with Gasteiger partial charge in [-0.3, -0.25) is 9.13 Å². The fourth-order valence-electron chi connectivity index (χ4n) is 1.84. The van der Waals surface area contributed by atoms with Crippen molar-refractivity contribution in [3.05, 3.63) is 58.0 Å². The fourth-order valence-corrected chi connectivity index (χ4v) is 1.84. The number of nitrogens with zero attached hydrogens (tertiary/aromatic N) is 2. The molecule has 2 rings (SSSR count). The Balaban J connectivity index is 2.29. The van der Waals surface area contributed by atoms with Crippen molar-refractivity contribution in [3.8, 4) is 0 Å². The number of halogens is 1. The van der Waals surface area contributed by atoms with Gasteiger partial charge in [-0.25, -0.2) is 14.0 Å². The van der Waals surface area contributed by atoms with Crippen LogP contribution in [-0.4, -0.2) is 20.2 Å². The zero-order chi connectivity index (χ0) is 14.0. The maximum absolute atomic E-state index is 13.5. The molecule has 6 heteroatoms. The van der Waals surface area contributed by atoms with Crippen LogP contribution in [-0.2, 0) is 13.1 Å². The lowest BCUT2D eigenvalue weighted by molar-refractivity contribution is 0.0692. The van der Waals surface area contributed by atoms with Crippen LogP contribution in [0.1, 0.15) is 22.8 Å². The number of imidazole rings is 1. The summed E-state index contributed by atoms with van der Waals surface area (Å²) in [5, 5.41) is 8.73. The molecule has 5 nitrogen and oxygen atoms in total. The molecule has 0 fully saturated rings. The summed E-state index contributed by atoms with van der Waals surface area (Å²) in [4.78, 5) is 22.5. The number of aryl methyl sites for hydroxylation is 1. The Labute approximate surface area is 108 Å². The first-order valence-corrected chi connectivity index (χ1v) is 5.80. The van der Waals surface area contributed by atoms with Gasteiger partial charge in [-0.05, 0) is 24.6 Å². The van der Waals surface area contributed by atoms with Crippen LogP contribution in [0, 0.1) is 5.82 Å². The van der Waals surface area contributed by atoms with Gasteiger partial charge in [0.05, 0.1) is 12.1 Å². The molecule has 19 heavy (non-hydrogen) atoms. The van der Waals surface area contributed by atoms with E-state index in [2.05, 4.69) is 0 Å². The van der Waals surface area contributed by atoms with Crippen LogP contribution in [0.5, 0.6) is 0 Å². The summed E-state index contributed by atoms with van der Waals surface area (Å²) in [6, 6.07) is 3.84. The largest absolute Gasteiger partial charge is 0.478 e. The summed E-state index contributed by atoms with van der Waals surface area (Å²) in [6.45, 7) is 2.63. The molecule has 0 saturated carbocycles. The molecule has 1 aromatic carbocycles. The van der Waals surface area contributed by atoms with Gasteiger partial charge in [0.1, 0.15) is 5.82 Å². The number of carbonyl (C=O) groups is 1. The minimum absolute atomic E-state index is 0.176. The monoisotopic (exact) mass is 264 g/mol. The van der Waals surface area contributed by atoms with Crippen molar-refractivity contribution in [1.82, 2.24) is 9.13 Å². The Hall–Kier alpha value is -2.37. The van der Waals surface area contributed by atoms with Gasteiger partial charge in [0.15, 0.2) is 0 Å². The zero-order valence-electron chi connectivity index (χ0n) is 10.3. The molecule has 100 valence electrons. The molecule has 1 N–H and O–H groups in total. The van der Waals surface area contributed by atoms with E-state index < -0.39 is 11.8 Å². The summed E-state index contributed by atoms with van der Waals surface area (Å²) in [7, 11) is 0. The number of carboxylic acids is 1. The average molecular weight is 264 g/mol. The average Bonchev–Trinajstić information content (AvgIpc) is 2.70. The van der Waals surface area contributed by atoms with Gasteiger partial charge in [-0.15, -0.1) is 0 Å². The number of carboxylic acid groups (broad SMARTS) is 1. The summed E-state index contributed by atoms with van der Waals surface area (Å²) < 4.78 is 16.5. The molecule has 0 saturated heterocycles. The first-order valence-electron chi connectivity index (χ1n) is 5.80. The molecule has 0 unspecified atom stereocenters. The number of rotatable bonds is 4. The van der Waals surface area contributed by atoms with Gasteiger partial charge in [0.2, 0.25) is 0 Å². The SMILES string of the molecule is CCn1ccn(Cc2ccc(C(=O)O)c(F)c2)c1=O.